The van der Waals surface area contributed by atoms with E-state index in [9.17, 15) is 0 Å². The van der Waals surface area contributed by atoms with E-state index in [-0.39, 0.29) is 0 Å². The maximum Gasteiger partial charge on any atom is 0.206 e. The van der Waals surface area contributed by atoms with Crippen LogP contribution < -0.4 is 4.90 Å². The van der Waals surface area contributed by atoms with Gasteiger partial charge in [-0.15, -0.1) is 5.10 Å². The first-order chi connectivity index (χ1) is 6.86. The zero-order valence-corrected chi connectivity index (χ0v) is 8.23. The second kappa shape index (κ2) is 3.57. The molecule has 0 unspecified atom stereocenters. The Balaban J connectivity index is 2.54. The Labute approximate surface area is 81.4 Å². The normalized spacial score (nSPS) is 10.7. The molecule has 14 heavy (non-hydrogen) atoms. The van der Waals surface area contributed by atoms with Crippen molar-refractivity contribution in [2.45, 2.75) is 13.8 Å². The van der Waals surface area contributed by atoms with Crippen LogP contribution in [-0.4, -0.2) is 38.5 Å². The molecule has 0 aliphatic carbocycles. The molecular formula is C8H12N6. The quantitative estimate of drug-likeness (QED) is 0.770. The summed E-state index contributed by atoms with van der Waals surface area (Å²) in [7, 11) is 0. The van der Waals surface area contributed by atoms with Gasteiger partial charge in [0.1, 0.15) is 6.33 Å². The lowest BCUT2D eigenvalue weighted by Gasteiger charge is -2.18. The number of aromatic nitrogens is 5. The van der Waals surface area contributed by atoms with Gasteiger partial charge >= 0.3 is 0 Å². The van der Waals surface area contributed by atoms with Crippen molar-refractivity contribution >= 4 is 17.0 Å². The van der Waals surface area contributed by atoms with Gasteiger partial charge in [-0.25, -0.2) is 9.97 Å². The number of H-pyrrole nitrogens is 1. The number of hydrogen-bond acceptors (Lipinski definition) is 5. The second-order valence-corrected chi connectivity index (χ2v) is 2.87. The fourth-order valence-electron chi connectivity index (χ4n) is 1.42. The first-order valence-corrected chi connectivity index (χ1v) is 4.63. The van der Waals surface area contributed by atoms with Crippen molar-refractivity contribution in [1.29, 1.82) is 0 Å². The largest absolute Gasteiger partial charge is 0.355 e. The van der Waals surface area contributed by atoms with Crippen molar-refractivity contribution in [1.82, 2.24) is 25.4 Å². The van der Waals surface area contributed by atoms with Crippen LogP contribution in [0, 0.1) is 0 Å². The van der Waals surface area contributed by atoms with Gasteiger partial charge < -0.3 is 4.90 Å². The molecule has 0 bridgehead atoms. The molecule has 0 aliphatic rings. The maximum absolute atomic E-state index is 4.21. The van der Waals surface area contributed by atoms with E-state index in [4.69, 9.17) is 0 Å². The van der Waals surface area contributed by atoms with Crippen molar-refractivity contribution in [2.75, 3.05) is 18.0 Å². The monoisotopic (exact) mass is 192 g/mol. The van der Waals surface area contributed by atoms with Crippen LogP contribution in [0.3, 0.4) is 0 Å². The summed E-state index contributed by atoms with van der Waals surface area (Å²) in [5.41, 5.74) is 1.35. The Morgan fingerprint density at radius 2 is 2.00 bits per heavy atom. The highest BCUT2D eigenvalue weighted by molar-refractivity contribution is 5.81. The standard InChI is InChI=1S/C8H12N6/c1-3-14(4-2)8-6-7(9-5-10-8)12-13-11-6/h5H,3-4H2,1-2H3,(H,9,10,11,12,13). The van der Waals surface area contributed by atoms with Crippen LogP contribution in [0.5, 0.6) is 0 Å². The second-order valence-electron chi connectivity index (χ2n) is 2.87. The number of fused-ring (bicyclic) bond motifs is 1. The number of hydrogen-bond donors (Lipinski definition) is 1. The summed E-state index contributed by atoms with van der Waals surface area (Å²) in [4.78, 5) is 10.3. The number of nitrogens with zero attached hydrogens (tertiary/aromatic N) is 5. The maximum atomic E-state index is 4.21. The van der Waals surface area contributed by atoms with Gasteiger partial charge in [0.15, 0.2) is 11.3 Å². The van der Waals surface area contributed by atoms with Crippen LogP contribution in [0.4, 0.5) is 5.82 Å². The molecule has 2 aromatic heterocycles. The average molecular weight is 192 g/mol. The lowest BCUT2D eigenvalue weighted by atomic mass is 10.4. The molecule has 0 spiro atoms. The van der Waals surface area contributed by atoms with Crippen LogP contribution in [0.2, 0.25) is 0 Å². The van der Waals surface area contributed by atoms with E-state index in [1.807, 2.05) is 0 Å². The first-order valence-electron chi connectivity index (χ1n) is 4.63. The molecule has 2 aromatic rings. The third-order valence-electron chi connectivity index (χ3n) is 2.16. The minimum Gasteiger partial charge on any atom is -0.355 e. The molecular weight excluding hydrogens is 180 g/mol. The van der Waals surface area contributed by atoms with Crippen molar-refractivity contribution in [3.63, 3.8) is 0 Å². The summed E-state index contributed by atoms with van der Waals surface area (Å²) in [5.74, 6) is 0.841. The highest BCUT2D eigenvalue weighted by atomic mass is 15.4. The van der Waals surface area contributed by atoms with Crippen LogP contribution in [0.15, 0.2) is 6.33 Å². The Bertz CT molecular complexity index is 418. The molecule has 0 amide bonds. The molecule has 0 fully saturated rings. The Kier molecular flexibility index (Phi) is 2.26. The highest BCUT2D eigenvalue weighted by Crippen LogP contribution is 2.17. The zero-order valence-electron chi connectivity index (χ0n) is 8.23. The Morgan fingerprint density at radius 3 is 2.71 bits per heavy atom. The molecule has 1 N–H and O–H groups in total. The zero-order chi connectivity index (χ0) is 9.97. The predicted molar refractivity (Wildman–Crippen MR) is 53.0 cm³/mol. The lowest BCUT2D eigenvalue weighted by Crippen LogP contribution is -2.23. The van der Waals surface area contributed by atoms with Gasteiger partial charge in [0.2, 0.25) is 5.65 Å². The minimum absolute atomic E-state index is 0.613. The predicted octanol–water partition coefficient (Wildman–Crippen LogP) is 0.594. The molecule has 74 valence electrons. The summed E-state index contributed by atoms with van der Waals surface area (Å²) < 4.78 is 0. The number of aromatic amines is 1. The first kappa shape index (κ1) is 8.86. The third kappa shape index (κ3) is 1.28. The summed E-state index contributed by atoms with van der Waals surface area (Å²) >= 11 is 0. The fraction of sp³-hybridized carbons (Fsp3) is 0.500. The van der Waals surface area contributed by atoms with E-state index in [0.29, 0.717) is 5.65 Å². The number of anilines is 1. The summed E-state index contributed by atoms with van der Waals surface area (Å²) in [6.07, 6.45) is 1.51. The van der Waals surface area contributed by atoms with E-state index in [1.165, 1.54) is 6.33 Å². The number of nitrogens with one attached hydrogen (secondary N) is 1. The van der Waals surface area contributed by atoms with Crippen LogP contribution >= 0.6 is 0 Å². The van der Waals surface area contributed by atoms with Gasteiger partial charge in [-0.1, -0.05) is 0 Å². The summed E-state index contributed by atoms with van der Waals surface area (Å²) in [6.45, 7) is 5.96. The molecule has 0 saturated heterocycles. The molecule has 0 aromatic carbocycles. The van der Waals surface area contributed by atoms with E-state index in [1.54, 1.807) is 0 Å². The van der Waals surface area contributed by atoms with E-state index >= 15 is 0 Å². The van der Waals surface area contributed by atoms with Crippen LogP contribution in [0.1, 0.15) is 13.8 Å². The molecule has 0 aliphatic heterocycles. The fourth-order valence-corrected chi connectivity index (χ4v) is 1.42. The molecule has 6 nitrogen and oxygen atoms in total. The molecule has 6 heteroatoms. The Morgan fingerprint density at radius 1 is 1.21 bits per heavy atom. The van der Waals surface area contributed by atoms with Crippen LogP contribution in [0.25, 0.3) is 11.2 Å². The van der Waals surface area contributed by atoms with Crippen molar-refractivity contribution in [3.05, 3.63) is 6.33 Å². The number of rotatable bonds is 3. The summed E-state index contributed by atoms with van der Waals surface area (Å²) in [6, 6.07) is 0. The van der Waals surface area contributed by atoms with Gasteiger partial charge in [0.25, 0.3) is 0 Å². The smallest absolute Gasteiger partial charge is 0.206 e. The summed E-state index contributed by atoms with van der Waals surface area (Å²) in [5, 5.41) is 10.5. The van der Waals surface area contributed by atoms with Crippen molar-refractivity contribution in [2.24, 2.45) is 0 Å². The molecule has 2 heterocycles. The van der Waals surface area contributed by atoms with Gasteiger partial charge in [-0.2, -0.15) is 10.3 Å². The lowest BCUT2D eigenvalue weighted by molar-refractivity contribution is 0.846. The van der Waals surface area contributed by atoms with E-state index in [2.05, 4.69) is 44.1 Å². The molecule has 2 rings (SSSR count). The molecule has 0 saturated carbocycles. The van der Waals surface area contributed by atoms with Gasteiger partial charge in [-0.3, -0.25) is 0 Å². The van der Waals surface area contributed by atoms with Crippen molar-refractivity contribution < 1.29 is 0 Å². The molecule has 0 radical (unpaired) electrons. The van der Waals surface area contributed by atoms with Gasteiger partial charge in [-0.05, 0) is 13.8 Å². The van der Waals surface area contributed by atoms with E-state index < -0.39 is 0 Å². The highest BCUT2D eigenvalue weighted by Gasteiger charge is 2.11. The minimum atomic E-state index is 0.613. The van der Waals surface area contributed by atoms with Gasteiger partial charge in [0, 0.05) is 13.1 Å². The SMILES string of the molecule is CCN(CC)c1ncnc2n[nH]nc12. The Hall–Kier alpha value is -1.72. The van der Waals surface area contributed by atoms with Crippen molar-refractivity contribution in [3.8, 4) is 0 Å². The topological polar surface area (TPSA) is 70.6 Å². The van der Waals surface area contributed by atoms with E-state index in [0.717, 1.165) is 24.4 Å². The molecule has 0 atom stereocenters. The van der Waals surface area contributed by atoms with Crippen LogP contribution in [-0.2, 0) is 0 Å². The third-order valence-corrected chi connectivity index (χ3v) is 2.16. The average Bonchev–Trinajstić information content (AvgIpc) is 2.68. The van der Waals surface area contributed by atoms with Gasteiger partial charge in [0.05, 0.1) is 0 Å².